The second-order valence-electron chi connectivity index (χ2n) is 5.27. The number of aryl methyl sites for hydroxylation is 1. The molecule has 0 aliphatic heterocycles. The van der Waals surface area contributed by atoms with E-state index in [1.165, 1.54) is 6.07 Å². The van der Waals surface area contributed by atoms with Crippen LogP contribution >= 0.6 is 27.3 Å². The van der Waals surface area contributed by atoms with Gasteiger partial charge in [0.15, 0.2) is 0 Å². The molecule has 1 heterocycles. The van der Waals surface area contributed by atoms with Crippen LogP contribution in [0.1, 0.15) is 25.3 Å². The zero-order valence-electron chi connectivity index (χ0n) is 11.4. The van der Waals surface area contributed by atoms with Crippen LogP contribution in [-0.2, 0) is 10.0 Å². The van der Waals surface area contributed by atoms with Gasteiger partial charge in [0.2, 0.25) is 0 Å². The second-order valence-corrected chi connectivity index (χ2v) is 9.75. The van der Waals surface area contributed by atoms with Crippen molar-refractivity contribution in [2.24, 2.45) is 5.92 Å². The van der Waals surface area contributed by atoms with Crippen LogP contribution in [0.25, 0.3) is 0 Å². The Labute approximate surface area is 134 Å². The summed E-state index contributed by atoms with van der Waals surface area (Å²) in [6.07, 6.45) is -3.00. The maximum absolute atomic E-state index is 12.8. The molecule has 1 saturated carbocycles. The van der Waals surface area contributed by atoms with Crippen molar-refractivity contribution in [2.45, 2.75) is 43.1 Å². The van der Waals surface area contributed by atoms with Crippen LogP contribution in [-0.4, -0.2) is 31.5 Å². The average Bonchev–Trinajstić information content (AvgIpc) is 3.12. The van der Waals surface area contributed by atoms with E-state index in [2.05, 4.69) is 15.9 Å². The summed E-state index contributed by atoms with van der Waals surface area (Å²) in [5.41, 5.74) is 0.699. The monoisotopic (exact) mass is 405 g/mol. The highest BCUT2D eigenvalue weighted by Gasteiger charge is 2.44. The van der Waals surface area contributed by atoms with Gasteiger partial charge in [0, 0.05) is 6.04 Å². The normalized spacial score (nSPS) is 18.2. The molecule has 0 amide bonds. The molecule has 0 saturated heterocycles. The van der Waals surface area contributed by atoms with E-state index in [0.29, 0.717) is 13.7 Å². The van der Waals surface area contributed by atoms with Crippen molar-refractivity contribution in [1.29, 1.82) is 0 Å². The third-order valence-corrected chi connectivity index (χ3v) is 8.01. The highest BCUT2D eigenvalue weighted by atomic mass is 79.9. The number of sulfonamides is 1. The van der Waals surface area contributed by atoms with Gasteiger partial charge in [-0.15, -0.1) is 11.3 Å². The molecule has 120 valence electrons. The Morgan fingerprint density at radius 2 is 2.05 bits per heavy atom. The molecule has 0 radical (unpaired) electrons. The minimum Gasteiger partial charge on any atom is -0.206 e. The lowest BCUT2D eigenvalue weighted by Gasteiger charge is -2.28. The molecule has 1 aliphatic rings. The van der Waals surface area contributed by atoms with Gasteiger partial charge in [-0.05, 0) is 60.2 Å². The molecule has 1 atom stereocenters. The summed E-state index contributed by atoms with van der Waals surface area (Å²) >= 11 is 4.16. The molecule has 0 bridgehead atoms. The number of hydrogen-bond acceptors (Lipinski definition) is 3. The SMILES string of the molecule is Cc1cc(S(=O)(=O)N(CC(F)(F)F)C(C)C2CC2)sc1Br. The topological polar surface area (TPSA) is 37.4 Å². The molecule has 0 aromatic carbocycles. The van der Waals surface area contributed by atoms with E-state index < -0.39 is 28.8 Å². The Bertz CT molecular complexity index is 603. The number of nitrogens with zero attached hydrogens (tertiary/aromatic N) is 1. The van der Waals surface area contributed by atoms with E-state index in [0.717, 1.165) is 24.2 Å². The summed E-state index contributed by atoms with van der Waals surface area (Å²) in [6, 6.07) is 0.769. The van der Waals surface area contributed by atoms with Gasteiger partial charge in [-0.1, -0.05) is 0 Å². The lowest BCUT2D eigenvalue weighted by atomic mass is 10.2. The Morgan fingerprint density at radius 1 is 1.48 bits per heavy atom. The van der Waals surface area contributed by atoms with Crippen molar-refractivity contribution in [2.75, 3.05) is 6.54 Å². The minimum atomic E-state index is -4.56. The third-order valence-electron chi connectivity index (χ3n) is 3.49. The van der Waals surface area contributed by atoms with Gasteiger partial charge in [0.25, 0.3) is 10.0 Å². The molecule has 0 N–H and O–H groups in total. The van der Waals surface area contributed by atoms with Gasteiger partial charge >= 0.3 is 6.18 Å². The Kier molecular flexibility index (Phi) is 4.78. The summed E-state index contributed by atoms with van der Waals surface area (Å²) in [5.74, 6) is 0.0200. The molecule has 3 nitrogen and oxygen atoms in total. The predicted octanol–water partition coefficient (Wildman–Crippen LogP) is 4.17. The third kappa shape index (κ3) is 4.00. The van der Waals surface area contributed by atoms with Crippen molar-refractivity contribution in [3.8, 4) is 0 Å². The van der Waals surface area contributed by atoms with Gasteiger partial charge in [-0.3, -0.25) is 0 Å². The summed E-state index contributed by atoms with van der Waals surface area (Å²) < 4.78 is 64.6. The molecule has 1 aromatic heterocycles. The molecular weight excluding hydrogens is 391 g/mol. The van der Waals surface area contributed by atoms with E-state index in [1.807, 2.05) is 0 Å². The lowest BCUT2D eigenvalue weighted by Crippen LogP contribution is -2.45. The van der Waals surface area contributed by atoms with Gasteiger partial charge in [-0.2, -0.15) is 17.5 Å². The van der Waals surface area contributed by atoms with Gasteiger partial charge in [-0.25, -0.2) is 8.42 Å². The van der Waals surface area contributed by atoms with Crippen molar-refractivity contribution in [1.82, 2.24) is 4.31 Å². The molecule has 9 heteroatoms. The quantitative estimate of drug-likeness (QED) is 0.736. The Balaban J connectivity index is 2.38. The second kappa shape index (κ2) is 5.82. The highest BCUT2D eigenvalue weighted by Crippen LogP contribution is 2.40. The molecule has 0 spiro atoms. The van der Waals surface area contributed by atoms with Crippen LogP contribution < -0.4 is 0 Å². The summed E-state index contributed by atoms with van der Waals surface area (Å²) in [6.45, 7) is 1.82. The van der Waals surface area contributed by atoms with Crippen LogP contribution in [0.5, 0.6) is 0 Å². The van der Waals surface area contributed by atoms with E-state index >= 15 is 0 Å². The highest BCUT2D eigenvalue weighted by molar-refractivity contribution is 9.11. The van der Waals surface area contributed by atoms with E-state index in [4.69, 9.17) is 0 Å². The first-order chi connectivity index (χ1) is 9.52. The predicted molar refractivity (Wildman–Crippen MR) is 78.9 cm³/mol. The van der Waals surface area contributed by atoms with E-state index in [1.54, 1.807) is 13.8 Å². The molecule has 1 fully saturated rings. The standard InChI is InChI=1S/C12H15BrF3NO2S2/c1-7-5-10(20-11(7)13)21(18,19)17(6-12(14,15)16)8(2)9-3-4-9/h5,8-9H,3-4,6H2,1-2H3. The molecule has 1 aliphatic carbocycles. The smallest absolute Gasteiger partial charge is 0.206 e. The van der Waals surface area contributed by atoms with Crippen molar-refractivity contribution < 1.29 is 21.6 Å². The largest absolute Gasteiger partial charge is 0.402 e. The number of hydrogen-bond donors (Lipinski definition) is 0. The first-order valence-electron chi connectivity index (χ1n) is 6.37. The van der Waals surface area contributed by atoms with Crippen molar-refractivity contribution in [3.63, 3.8) is 0 Å². The zero-order valence-corrected chi connectivity index (χ0v) is 14.7. The van der Waals surface area contributed by atoms with Crippen molar-refractivity contribution in [3.05, 3.63) is 15.4 Å². The summed E-state index contributed by atoms with van der Waals surface area (Å²) in [7, 11) is -4.14. The first-order valence-corrected chi connectivity index (χ1v) is 9.42. The number of thiophene rings is 1. The Morgan fingerprint density at radius 3 is 2.43 bits per heavy atom. The van der Waals surface area contributed by atoms with Crippen LogP contribution in [0.15, 0.2) is 14.1 Å². The molecule has 1 unspecified atom stereocenters. The van der Waals surface area contributed by atoms with Crippen LogP contribution in [0.4, 0.5) is 13.2 Å². The fourth-order valence-electron chi connectivity index (χ4n) is 2.11. The van der Waals surface area contributed by atoms with Gasteiger partial charge in [0.05, 0.1) is 3.79 Å². The van der Waals surface area contributed by atoms with Crippen LogP contribution in [0.3, 0.4) is 0 Å². The lowest BCUT2D eigenvalue weighted by molar-refractivity contribution is -0.139. The van der Waals surface area contributed by atoms with Crippen LogP contribution in [0, 0.1) is 12.8 Å². The van der Waals surface area contributed by atoms with E-state index in [9.17, 15) is 21.6 Å². The molecule has 2 rings (SSSR count). The summed E-state index contributed by atoms with van der Waals surface area (Å²) in [5, 5.41) is 0. The molecular formula is C12H15BrF3NO2S2. The number of halogens is 4. The maximum atomic E-state index is 12.8. The minimum absolute atomic E-state index is 0.0200. The number of rotatable bonds is 5. The van der Waals surface area contributed by atoms with Gasteiger partial charge in [0.1, 0.15) is 10.8 Å². The molecule has 1 aromatic rings. The Hall–Kier alpha value is -0.120. The molecule has 21 heavy (non-hydrogen) atoms. The summed E-state index contributed by atoms with van der Waals surface area (Å²) in [4.78, 5) is 0. The van der Waals surface area contributed by atoms with Crippen molar-refractivity contribution >= 4 is 37.3 Å². The maximum Gasteiger partial charge on any atom is 0.402 e. The fourth-order valence-corrected chi connectivity index (χ4v) is 6.15. The zero-order chi connectivity index (χ0) is 16.0. The average molecular weight is 406 g/mol. The van der Waals surface area contributed by atoms with Gasteiger partial charge < -0.3 is 0 Å². The van der Waals surface area contributed by atoms with Crippen LogP contribution in [0.2, 0.25) is 0 Å². The number of alkyl halides is 3. The van der Waals surface area contributed by atoms with E-state index in [-0.39, 0.29) is 10.1 Å². The first kappa shape index (κ1) is 17.2. The fraction of sp³-hybridized carbons (Fsp3) is 0.667.